The standard InChI is InChI=1S/C13H19NO6/c1-18-11(15)5-3-4-10(13(17)19-2)14-12(16)9-6-7-20-8-9/h3,5,9-10H,4,6-8H2,1-2H3,(H,14,16)/b5-3+/t9-,10+/m0/s1. The van der Waals surface area contributed by atoms with Gasteiger partial charge in [0.1, 0.15) is 6.04 Å². The number of carbonyl (C=O) groups is 3. The summed E-state index contributed by atoms with van der Waals surface area (Å²) in [6, 6.07) is -0.825. The fourth-order valence-corrected chi connectivity index (χ4v) is 1.76. The van der Waals surface area contributed by atoms with E-state index in [9.17, 15) is 14.4 Å². The van der Waals surface area contributed by atoms with E-state index < -0.39 is 18.0 Å². The molecule has 0 aromatic carbocycles. The molecular weight excluding hydrogens is 266 g/mol. The van der Waals surface area contributed by atoms with Crippen LogP contribution in [0.15, 0.2) is 12.2 Å². The molecule has 0 bridgehead atoms. The fraction of sp³-hybridized carbons (Fsp3) is 0.615. The van der Waals surface area contributed by atoms with E-state index in [4.69, 9.17) is 4.74 Å². The maximum atomic E-state index is 11.9. The van der Waals surface area contributed by atoms with Gasteiger partial charge in [-0.3, -0.25) is 4.79 Å². The highest BCUT2D eigenvalue weighted by Gasteiger charge is 2.28. The van der Waals surface area contributed by atoms with Crippen LogP contribution in [0, 0.1) is 5.92 Å². The van der Waals surface area contributed by atoms with Crippen LogP contribution in [-0.4, -0.2) is 51.3 Å². The van der Waals surface area contributed by atoms with Gasteiger partial charge in [0.15, 0.2) is 0 Å². The Labute approximate surface area is 117 Å². The zero-order chi connectivity index (χ0) is 15.0. The first-order valence-corrected chi connectivity index (χ1v) is 6.29. The number of esters is 2. The Morgan fingerprint density at radius 2 is 2.10 bits per heavy atom. The molecule has 1 heterocycles. The Morgan fingerprint density at radius 3 is 2.65 bits per heavy atom. The lowest BCUT2D eigenvalue weighted by molar-refractivity contribution is -0.145. The fourth-order valence-electron chi connectivity index (χ4n) is 1.76. The second kappa shape index (κ2) is 8.31. The predicted molar refractivity (Wildman–Crippen MR) is 68.6 cm³/mol. The smallest absolute Gasteiger partial charge is 0.330 e. The molecule has 7 heteroatoms. The van der Waals surface area contributed by atoms with Crippen LogP contribution in [0.4, 0.5) is 0 Å². The highest BCUT2D eigenvalue weighted by Crippen LogP contribution is 2.13. The predicted octanol–water partition coefficient (Wildman–Crippen LogP) is -0.200. The van der Waals surface area contributed by atoms with Gasteiger partial charge in [-0.15, -0.1) is 0 Å². The van der Waals surface area contributed by atoms with Crippen molar-refractivity contribution < 1.29 is 28.6 Å². The molecule has 1 aliphatic heterocycles. The molecule has 1 N–H and O–H groups in total. The molecule has 2 atom stereocenters. The van der Waals surface area contributed by atoms with E-state index >= 15 is 0 Å². The lowest BCUT2D eigenvalue weighted by Crippen LogP contribution is -2.44. The SMILES string of the molecule is COC(=O)/C=C/C[C@@H](NC(=O)[C@H]1CCOC1)C(=O)OC. The number of methoxy groups -OCH3 is 2. The second-order valence-corrected chi connectivity index (χ2v) is 4.31. The molecule has 0 unspecified atom stereocenters. The Hall–Kier alpha value is -1.89. The molecule has 7 nitrogen and oxygen atoms in total. The molecule has 20 heavy (non-hydrogen) atoms. The summed E-state index contributed by atoms with van der Waals surface area (Å²) in [6.07, 6.45) is 3.44. The van der Waals surface area contributed by atoms with Crippen LogP contribution in [0.5, 0.6) is 0 Å². The van der Waals surface area contributed by atoms with Crippen molar-refractivity contribution in [2.24, 2.45) is 5.92 Å². The molecule has 1 fully saturated rings. The average molecular weight is 285 g/mol. The van der Waals surface area contributed by atoms with Crippen LogP contribution in [0.1, 0.15) is 12.8 Å². The van der Waals surface area contributed by atoms with Crippen molar-refractivity contribution in [3.05, 3.63) is 12.2 Å². The van der Waals surface area contributed by atoms with Gasteiger partial charge in [0.2, 0.25) is 5.91 Å². The van der Waals surface area contributed by atoms with Crippen molar-refractivity contribution in [3.8, 4) is 0 Å². The molecule has 1 rings (SSSR count). The highest BCUT2D eigenvalue weighted by atomic mass is 16.5. The molecule has 0 saturated carbocycles. The van der Waals surface area contributed by atoms with Crippen molar-refractivity contribution in [1.29, 1.82) is 0 Å². The zero-order valence-electron chi connectivity index (χ0n) is 11.6. The summed E-state index contributed by atoms with van der Waals surface area (Å²) in [4.78, 5) is 34.4. The van der Waals surface area contributed by atoms with Gasteiger partial charge in [-0.2, -0.15) is 0 Å². The molecule has 0 aromatic rings. The summed E-state index contributed by atoms with van der Waals surface area (Å²) in [6.45, 7) is 0.904. The van der Waals surface area contributed by atoms with Gasteiger partial charge < -0.3 is 19.5 Å². The molecule has 0 spiro atoms. The van der Waals surface area contributed by atoms with Crippen LogP contribution < -0.4 is 5.32 Å². The third kappa shape index (κ3) is 5.00. The Bertz CT molecular complexity index is 386. The normalized spacial score (nSPS) is 19.6. The summed E-state index contributed by atoms with van der Waals surface area (Å²) >= 11 is 0. The Balaban J connectivity index is 2.55. The van der Waals surface area contributed by atoms with Crippen LogP contribution >= 0.6 is 0 Å². The topological polar surface area (TPSA) is 90.9 Å². The molecule has 1 aliphatic rings. The molecule has 0 radical (unpaired) electrons. The van der Waals surface area contributed by atoms with E-state index in [1.54, 1.807) is 0 Å². The lowest BCUT2D eigenvalue weighted by atomic mass is 10.1. The third-order valence-electron chi connectivity index (χ3n) is 2.93. The number of rotatable bonds is 6. The minimum absolute atomic E-state index is 0.154. The van der Waals surface area contributed by atoms with Gasteiger partial charge in [0.25, 0.3) is 0 Å². The molecule has 0 aliphatic carbocycles. The lowest BCUT2D eigenvalue weighted by Gasteiger charge is -2.17. The first-order chi connectivity index (χ1) is 9.58. The quantitative estimate of drug-likeness (QED) is 0.537. The van der Waals surface area contributed by atoms with Crippen molar-refractivity contribution in [2.45, 2.75) is 18.9 Å². The average Bonchev–Trinajstić information content (AvgIpc) is 2.99. The molecular formula is C13H19NO6. The van der Waals surface area contributed by atoms with Gasteiger partial charge in [-0.05, 0) is 12.8 Å². The zero-order valence-corrected chi connectivity index (χ0v) is 11.6. The molecule has 1 amide bonds. The third-order valence-corrected chi connectivity index (χ3v) is 2.93. The monoisotopic (exact) mass is 285 g/mol. The summed E-state index contributed by atoms with van der Waals surface area (Å²) in [5, 5.41) is 2.60. The van der Waals surface area contributed by atoms with Crippen molar-refractivity contribution in [1.82, 2.24) is 5.32 Å². The van der Waals surface area contributed by atoms with Gasteiger partial charge in [0.05, 0.1) is 26.7 Å². The van der Waals surface area contributed by atoms with Gasteiger partial charge in [-0.1, -0.05) is 6.08 Å². The summed E-state index contributed by atoms with van der Waals surface area (Å²) in [5.74, 6) is -1.58. The first kappa shape index (κ1) is 16.2. The van der Waals surface area contributed by atoms with Gasteiger partial charge in [-0.25, -0.2) is 9.59 Å². The van der Waals surface area contributed by atoms with Crippen LogP contribution in [0.3, 0.4) is 0 Å². The maximum Gasteiger partial charge on any atom is 0.330 e. The van der Waals surface area contributed by atoms with E-state index in [1.165, 1.54) is 26.4 Å². The maximum absolute atomic E-state index is 11.9. The number of amides is 1. The van der Waals surface area contributed by atoms with E-state index in [1.807, 2.05) is 0 Å². The Kier molecular flexibility index (Phi) is 6.72. The number of carbonyl (C=O) groups excluding carboxylic acids is 3. The van der Waals surface area contributed by atoms with E-state index in [2.05, 4.69) is 14.8 Å². The second-order valence-electron chi connectivity index (χ2n) is 4.31. The van der Waals surface area contributed by atoms with E-state index in [0.717, 1.165) is 0 Å². The van der Waals surface area contributed by atoms with E-state index in [-0.39, 0.29) is 18.2 Å². The first-order valence-electron chi connectivity index (χ1n) is 6.29. The number of hydrogen-bond acceptors (Lipinski definition) is 6. The van der Waals surface area contributed by atoms with Gasteiger partial charge >= 0.3 is 11.9 Å². The van der Waals surface area contributed by atoms with Crippen molar-refractivity contribution in [3.63, 3.8) is 0 Å². The van der Waals surface area contributed by atoms with Crippen molar-refractivity contribution in [2.75, 3.05) is 27.4 Å². The number of ether oxygens (including phenoxy) is 3. The highest BCUT2D eigenvalue weighted by molar-refractivity contribution is 5.86. The molecule has 0 aromatic heterocycles. The molecule has 112 valence electrons. The van der Waals surface area contributed by atoms with Crippen LogP contribution in [0.2, 0.25) is 0 Å². The van der Waals surface area contributed by atoms with Gasteiger partial charge in [0, 0.05) is 12.7 Å². The van der Waals surface area contributed by atoms with E-state index in [0.29, 0.717) is 19.6 Å². The number of hydrogen-bond donors (Lipinski definition) is 1. The minimum Gasteiger partial charge on any atom is -0.467 e. The Morgan fingerprint density at radius 1 is 1.35 bits per heavy atom. The summed E-state index contributed by atoms with van der Waals surface area (Å²) < 4.78 is 14.2. The largest absolute Gasteiger partial charge is 0.467 e. The number of nitrogens with one attached hydrogen (secondary N) is 1. The minimum atomic E-state index is -0.825. The summed E-state index contributed by atoms with van der Waals surface area (Å²) in [5.41, 5.74) is 0. The van der Waals surface area contributed by atoms with Crippen molar-refractivity contribution >= 4 is 17.8 Å². The van der Waals surface area contributed by atoms with Crippen LogP contribution in [-0.2, 0) is 28.6 Å². The molecule has 1 saturated heterocycles. The summed E-state index contributed by atoms with van der Waals surface area (Å²) in [7, 11) is 2.50. The van der Waals surface area contributed by atoms with Crippen LogP contribution in [0.25, 0.3) is 0 Å².